The van der Waals surface area contributed by atoms with Crippen LogP contribution in [0.25, 0.3) is 0 Å². The van der Waals surface area contributed by atoms with E-state index in [9.17, 15) is 4.79 Å². The molecule has 1 aromatic carbocycles. The molecule has 1 unspecified atom stereocenters. The van der Waals surface area contributed by atoms with Crippen LogP contribution in [0.4, 0.5) is 0 Å². The third kappa shape index (κ3) is 3.87. The molecule has 0 bridgehead atoms. The average molecular weight is 278 g/mol. The minimum absolute atomic E-state index is 0.148. The Morgan fingerprint density at radius 3 is 2.65 bits per heavy atom. The van der Waals surface area contributed by atoms with E-state index in [1.165, 1.54) is 0 Å². The minimum atomic E-state index is 0.148. The summed E-state index contributed by atoms with van der Waals surface area (Å²) in [6.07, 6.45) is 1.42. The van der Waals surface area contributed by atoms with Gasteiger partial charge in [0.2, 0.25) is 5.91 Å². The molecule has 1 aliphatic rings. The largest absolute Gasteiger partial charge is 0.497 e. The van der Waals surface area contributed by atoms with Crippen LogP contribution in [0.15, 0.2) is 24.3 Å². The summed E-state index contributed by atoms with van der Waals surface area (Å²) >= 11 is 0. The van der Waals surface area contributed by atoms with Crippen LogP contribution in [0.5, 0.6) is 11.5 Å². The number of carbonyl (C=O) groups is 1. The molecule has 5 heteroatoms. The van der Waals surface area contributed by atoms with Gasteiger partial charge in [0, 0.05) is 13.1 Å². The Bertz CT molecular complexity index is 433. The second-order valence-electron chi connectivity index (χ2n) is 5.00. The molecule has 0 radical (unpaired) electrons. The first kappa shape index (κ1) is 14.7. The van der Waals surface area contributed by atoms with Crippen LogP contribution in [0.1, 0.15) is 12.8 Å². The zero-order valence-corrected chi connectivity index (χ0v) is 11.9. The van der Waals surface area contributed by atoms with E-state index < -0.39 is 0 Å². The lowest BCUT2D eigenvalue weighted by Crippen LogP contribution is -2.30. The first-order valence-corrected chi connectivity index (χ1v) is 6.97. The highest BCUT2D eigenvalue weighted by atomic mass is 16.5. The number of benzene rings is 1. The second kappa shape index (κ2) is 7.14. The SMILES string of the molecule is COc1ccc(OCCC(=O)N2CCC(CN)C2)cc1. The second-order valence-corrected chi connectivity index (χ2v) is 5.00. The van der Waals surface area contributed by atoms with Crippen LogP contribution < -0.4 is 15.2 Å². The molecule has 5 nitrogen and oxygen atoms in total. The lowest BCUT2D eigenvalue weighted by atomic mass is 10.1. The third-order valence-electron chi connectivity index (χ3n) is 3.62. The topological polar surface area (TPSA) is 64.8 Å². The average Bonchev–Trinajstić information content (AvgIpc) is 2.97. The minimum Gasteiger partial charge on any atom is -0.497 e. The monoisotopic (exact) mass is 278 g/mol. The van der Waals surface area contributed by atoms with Gasteiger partial charge in [-0.2, -0.15) is 0 Å². The van der Waals surface area contributed by atoms with Crippen molar-refractivity contribution in [2.75, 3.05) is 33.4 Å². The van der Waals surface area contributed by atoms with Gasteiger partial charge in [-0.3, -0.25) is 4.79 Å². The first-order chi connectivity index (χ1) is 9.72. The molecule has 1 heterocycles. The van der Waals surface area contributed by atoms with Crippen LogP contribution in [0.3, 0.4) is 0 Å². The van der Waals surface area contributed by atoms with Gasteiger partial charge in [-0.15, -0.1) is 0 Å². The number of likely N-dealkylation sites (tertiary alicyclic amines) is 1. The van der Waals surface area contributed by atoms with Gasteiger partial charge in [0.05, 0.1) is 20.1 Å². The Morgan fingerprint density at radius 2 is 2.05 bits per heavy atom. The summed E-state index contributed by atoms with van der Waals surface area (Å²) in [6.45, 7) is 2.67. The van der Waals surface area contributed by atoms with Gasteiger partial charge in [0.1, 0.15) is 11.5 Å². The quantitative estimate of drug-likeness (QED) is 0.851. The molecule has 1 amide bonds. The van der Waals surface area contributed by atoms with E-state index in [1.807, 2.05) is 29.2 Å². The summed E-state index contributed by atoms with van der Waals surface area (Å²) in [6, 6.07) is 7.35. The predicted octanol–water partition coefficient (Wildman–Crippen LogP) is 1.27. The molecular weight excluding hydrogens is 256 g/mol. The molecule has 0 saturated carbocycles. The molecule has 1 fully saturated rings. The number of ether oxygens (including phenoxy) is 2. The Labute approximate surface area is 119 Å². The van der Waals surface area contributed by atoms with Gasteiger partial charge in [-0.25, -0.2) is 0 Å². The van der Waals surface area contributed by atoms with E-state index >= 15 is 0 Å². The van der Waals surface area contributed by atoms with Gasteiger partial charge in [0.25, 0.3) is 0 Å². The molecule has 1 saturated heterocycles. The van der Waals surface area contributed by atoms with E-state index in [1.54, 1.807) is 7.11 Å². The highest BCUT2D eigenvalue weighted by Crippen LogP contribution is 2.18. The van der Waals surface area contributed by atoms with E-state index in [0.717, 1.165) is 31.0 Å². The Balaban J connectivity index is 1.71. The lowest BCUT2D eigenvalue weighted by Gasteiger charge is -2.16. The third-order valence-corrected chi connectivity index (χ3v) is 3.62. The summed E-state index contributed by atoms with van der Waals surface area (Å²) in [5.74, 6) is 2.15. The van der Waals surface area contributed by atoms with E-state index in [-0.39, 0.29) is 5.91 Å². The fraction of sp³-hybridized carbons (Fsp3) is 0.533. The van der Waals surface area contributed by atoms with Crippen molar-refractivity contribution < 1.29 is 14.3 Å². The normalized spacial score (nSPS) is 18.1. The van der Waals surface area contributed by atoms with Crippen LogP contribution in [-0.2, 0) is 4.79 Å². The Kier molecular flexibility index (Phi) is 5.24. The van der Waals surface area contributed by atoms with Gasteiger partial charge < -0.3 is 20.1 Å². The summed E-state index contributed by atoms with van der Waals surface area (Å²) in [4.78, 5) is 13.9. The van der Waals surface area contributed by atoms with Gasteiger partial charge in [0.15, 0.2) is 0 Å². The van der Waals surface area contributed by atoms with Crippen molar-refractivity contribution in [3.63, 3.8) is 0 Å². The number of nitrogens with zero attached hydrogens (tertiary/aromatic N) is 1. The summed E-state index contributed by atoms with van der Waals surface area (Å²) in [7, 11) is 1.62. The van der Waals surface area contributed by atoms with Crippen molar-refractivity contribution >= 4 is 5.91 Å². The number of rotatable bonds is 6. The lowest BCUT2D eigenvalue weighted by molar-refractivity contribution is -0.130. The van der Waals surface area contributed by atoms with Crippen molar-refractivity contribution in [2.24, 2.45) is 11.7 Å². The number of hydrogen-bond donors (Lipinski definition) is 1. The molecule has 1 aromatic rings. The van der Waals surface area contributed by atoms with Crippen LogP contribution in [0, 0.1) is 5.92 Å². The first-order valence-electron chi connectivity index (χ1n) is 6.97. The van der Waals surface area contributed by atoms with Crippen molar-refractivity contribution in [2.45, 2.75) is 12.8 Å². The molecular formula is C15H22N2O3. The van der Waals surface area contributed by atoms with E-state index in [4.69, 9.17) is 15.2 Å². The number of methoxy groups -OCH3 is 1. The number of nitrogens with two attached hydrogens (primary N) is 1. The van der Waals surface area contributed by atoms with Crippen molar-refractivity contribution in [1.29, 1.82) is 0 Å². The van der Waals surface area contributed by atoms with Gasteiger partial charge >= 0.3 is 0 Å². The van der Waals surface area contributed by atoms with Crippen molar-refractivity contribution in [1.82, 2.24) is 4.90 Å². The smallest absolute Gasteiger partial charge is 0.226 e. The maximum absolute atomic E-state index is 12.0. The van der Waals surface area contributed by atoms with E-state index in [2.05, 4.69) is 0 Å². The molecule has 1 aliphatic heterocycles. The molecule has 20 heavy (non-hydrogen) atoms. The summed E-state index contributed by atoms with van der Waals surface area (Å²) in [5, 5.41) is 0. The molecule has 0 aromatic heterocycles. The standard InChI is InChI=1S/C15H22N2O3/c1-19-13-2-4-14(5-3-13)20-9-7-15(18)17-8-6-12(10-16)11-17/h2-5,12H,6-11,16H2,1H3. The van der Waals surface area contributed by atoms with E-state index in [0.29, 0.717) is 25.5 Å². The molecule has 2 rings (SSSR count). The van der Waals surface area contributed by atoms with Gasteiger partial charge in [-0.05, 0) is 43.1 Å². The zero-order chi connectivity index (χ0) is 14.4. The highest BCUT2D eigenvalue weighted by Gasteiger charge is 2.24. The highest BCUT2D eigenvalue weighted by molar-refractivity contribution is 5.76. The summed E-state index contributed by atoms with van der Waals surface area (Å²) in [5.41, 5.74) is 5.62. The molecule has 2 N–H and O–H groups in total. The summed E-state index contributed by atoms with van der Waals surface area (Å²) < 4.78 is 10.6. The number of carbonyl (C=O) groups excluding carboxylic acids is 1. The van der Waals surface area contributed by atoms with Crippen LogP contribution in [-0.4, -0.2) is 44.2 Å². The predicted molar refractivity (Wildman–Crippen MR) is 76.8 cm³/mol. The Morgan fingerprint density at radius 1 is 1.35 bits per heavy atom. The van der Waals surface area contributed by atoms with Crippen molar-refractivity contribution in [3.05, 3.63) is 24.3 Å². The maximum atomic E-state index is 12.0. The van der Waals surface area contributed by atoms with Crippen molar-refractivity contribution in [3.8, 4) is 11.5 Å². The molecule has 0 spiro atoms. The maximum Gasteiger partial charge on any atom is 0.226 e. The number of hydrogen-bond acceptors (Lipinski definition) is 4. The fourth-order valence-corrected chi connectivity index (χ4v) is 2.34. The van der Waals surface area contributed by atoms with Gasteiger partial charge in [-0.1, -0.05) is 0 Å². The van der Waals surface area contributed by atoms with Crippen LogP contribution in [0.2, 0.25) is 0 Å². The molecule has 1 atom stereocenters. The van der Waals surface area contributed by atoms with Crippen LogP contribution >= 0.6 is 0 Å². The Hall–Kier alpha value is -1.75. The zero-order valence-electron chi connectivity index (χ0n) is 11.9. The fourth-order valence-electron chi connectivity index (χ4n) is 2.34. The molecule has 0 aliphatic carbocycles. The molecule has 110 valence electrons. The number of amides is 1.